The summed E-state index contributed by atoms with van der Waals surface area (Å²) in [4.78, 5) is 22.7. The van der Waals surface area contributed by atoms with Gasteiger partial charge in [0, 0.05) is 18.8 Å². The Morgan fingerprint density at radius 1 is 1.33 bits per heavy atom. The fourth-order valence-electron chi connectivity index (χ4n) is 2.17. The molecule has 6 heteroatoms. The molecular weight excluding hydrogens is 270 g/mol. The number of hydrogen-bond donors (Lipinski definition) is 0. The first-order chi connectivity index (χ1) is 9.91. The zero-order valence-electron chi connectivity index (χ0n) is 12.0. The molecule has 0 N–H and O–H groups in total. The molecule has 0 spiro atoms. The second-order valence-corrected chi connectivity index (χ2v) is 4.68. The van der Waals surface area contributed by atoms with Crippen LogP contribution in [-0.4, -0.2) is 20.5 Å². The highest BCUT2D eigenvalue weighted by molar-refractivity contribution is 6.08. The van der Waals surface area contributed by atoms with Crippen molar-refractivity contribution in [2.24, 2.45) is 7.05 Å². The van der Waals surface area contributed by atoms with Crippen molar-refractivity contribution in [3.63, 3.8) is 0 Å². The van der Waals surface area contributed by atoms with Crippen LogP contribution in [0.5, 0.6) is 0 Å². The summed E-state index contributed by atoms with van der Waals surface area (Å²) >= 11 is 0. The summed E-state index contributed by atoms with van der Waals surface area (Å²) in [5, 5.41) is 15.1. The van der Waals surface area contributed by atoms with Gasteiger partial charge in [0.1, 0.15) is 0 Å². The van der Waals surface area contributed by atoms with Crippen LogP contribution in [0.15, 0.2) is 30.3 Å². The van der Waals surface area contributed by atoms with Crippen molar-refractivity contribution in [2.45, 2.75) is 13.8 Å². The lowest BCUT2D eigenvalue weighted by atomic mass is 10.1. The molecule has 0 bridgehead atoms. The zero-order valence-corrected chi connectivity index (χ0v) is 12.0. The second-order valence-electron chi connectivity index (χ2n) is 4.68. The molecule has 6 nitrogen and oxygen atoms in total. The first-order valence-electron chi connectivity index (χ1n) is 6.38. The van der Waals surface area contributed by atoms with Gasteiger partial charge in [-0.2, -0.15) is 5.10 Å². The van der Waals surface area contributed by atoms with Crippen molar-refractivity contribution in [1.29, 1.82) is 0 Å². The molecule has 0 aliphatic carbocycles. The maximum absolute atomic E-state index is 12.2. The van der Waals surface area contributed by atoms with Crippen molar-refractivity contribution in [3.05, 3.63) is 63.0 Å². The Hall–Kier alpha value is -2.76. The topological polar surface area (TPSA) is 78.0 Å². The number of benzene rings is 1. The predicted molar refractivity (Wildman–Crippen MR) is 79.1 cm³/mol. The smallest absolute Gasteiger partial charge is 0.276 e. The minimum atomic E-state index is -0.468. The normalized spacial score (nSPS) is 11.0. The number of nitro groups is 1. The molecule has 21 heavy (non-hydrogen) atoms. The number of aryl methyl sites for hydroxylation is 2. The first-order valence-corrected chi connectivity index (χ1v) is 6.38. The summed E-state index contributed by atoms with van der Waals surface area (Å²) in [7, 11) is 1.77. The second kappa shape index (κ2) is 5.70. The fourth-order valence-corrected chi connectivity index (χ4v) is 2.17. The van der Waals surface area contributed by atoms with Crippen molar-refractivity contribution < 1.29 is 9.72 Å². The average Bonchev–Trinajstić information content (AvgIpc) is 2.70. The number of carbonyl (C=O) groups is 1. The number of nitro benzene ring substituents is 1. The Morgan fingerprint density at radius 2 is 2.00 bits per heavy atom. The predicted octanol–water partition coefficient (Wildman–Crippen LogP) is 2.84. The molecule has 1 aromatic heterocycles. The van der Waals surface area contributed by atoms with Crippen LogP contribution >= 0.6 is 0 Å². The Bertz CT molecular complexity index is 745. The van der Waals surface area contributed by atoms with Crippen LogP contribution < -0.4 is 0 Å². The third-order valence-corrected chi connectivity index (χ3v) is 3.30. The van der Waals surface area contributed by atoms with Gasteiger partial charge in [0.2, 0.25) is 0 Å². The highest BCUT2D eigenvalue weighted by Gasteiger charge is 2.15. The molecule has 0 aliphatic rings. The maximum atomic E-state index is 12.2. The first kappa shape index (κ1) is 14.6. The molecule has 0 radical (unpaired) electrons. The Labute approximate surface area is 121 Å². The molecule has 1 heterocycles. The Morgan fingerprint density at radius 3 is 2.57 bits per heavy atom. The van der Waals surface area contributed by atoms with Crippen LogP contribution in [0.25, 0.3) is 6.08 Å². The van der Waals surface area contributed by atoms with E-state index in [-0.39, 0.29) is 11.5 Å². The summed E-state index contributed by atoms with van der Waals surface area (Å²) in [6, 6.07) is 6.29. The number of carbonyl (C=O) groups excluding carboxylic acids is 1. The van der Waals surface area contributed by atoms with E-state index in [0.29, 0.717) is 16.8 Å². The van der Waals surface area contributed by atoms with Gasteiger partial charge in [0.05, 0.1) is 21.7 Å². The number of para-hydroxylation sites is 1. The molecule has 1 aromatic carbocycles. The van der Waals surface area contributed by atoms with Crippen molar-refractivity contribution in [3.8, 4) is 0 Å². The van der Waals surface area contributed by atoms with Gasteiger partial charge in [0.25, 0.3) is 5.69 Å². The maximum Gasteiger partial charge on any atom is 0.276 e. The van der Waals surface area contributed by atoms with Crippen LogP contribution in [0.1, 0.15) is 27.3 Å². The van der Waals surface area contributed by atoms with Crippen LogP contribution in [0, 0.1) is 24.0 Å². The Kier molecular flexibility index (Phi) is 3.98. The number of hydrogen-bond acceptors (Lipinski definition) is 4. The van der Waals surface area contributed by atoms with Gasteiger partial charge in [-0.1, -0.05) is 12.1 Å². The molecule has 0 unspecified atom stereocenters. The summed E-state index contributed by atoms with van der Waals surface area (Å²) in [5.74, 6) is -0.212. The van der Waals surface area contributed by atoms with Crippen LogP contribution in [-0.2, 0) is 7.05 Å². The van der Waals surface area contributed by atoms with E-state index in [1.54, 1.807) is 36.9 Å². The molecular formula is C15H15N3O3. The number of rotatable bonds is 4. The van der Waals surface area contributed by atoms with Gasteiger partial charge in [-0.15, -0.1) is 0 Å². The monoisotopic (exact) mass is 285 g/mol. The van der Waals surface area contributed by atoms with Crippen molar-refractivity contribution in [1.82, 2.24) is 9.78 Å². The van der Waals surface area contributed by atoms with E-state index in [4.69, 9.17) is 0 Å². The number of allylic oxidation sites excluding steroid dienone is 1. The highest BCUT2D eigenvalue weighted by Crippen LogP contribution is 2.20. The average molecular weight is 285 g/mol. The van der Waals surface area contributed by atoms with E-state index in [9.17, 15) is 14.9 Å². The van der Waals surface area contributed by atoms with E-state index < -0.39 is 4.92 Å². The molecule has 2 aromatic rings. The molecule has 0 atom stereocenters. The SMILES string of the molecule is Cc1nn(C)c(C)c1C(=O)/C=C/c1ccccc1[N+](=O)[O-]. The van der Waals surface area contributed by atoms with Crippen molar-refractivity contribution >= 4 is 17.5 Å². The van der Waals surface area contributed by atoms with Crippen LogP contribution in [0.2, 0.25) is 0 Å². The van der Waals surface area contributed by atoms with E-state index >= 15 is 0 Å². The Balaban J connectivity index is 2.34. The van der Waals surface area contributed by atoms with Gasteiger partial charge in [-0.3, -0.25) is 19.6 Å². The zero-order chi connectivity index (χ0) is 15.6. The van der Waals surface area contributed by atoms with Gasteiger partial charge in [0.15, 0.2) is 5.78 Å². The summed E-state index contributed by atoms with van der Waals surface area (Å²) in [5.41, 5.74) is 2.32. The highest BCUT2D eigenvalue weighted by atomic mass is 16.6. The minimum absolute atomic E-state index is 0.0267. The van der Waals surface area contributed by atoms with E-state index in [1.807, 2.05) is 6.92 Å². The fraction of sp³-hybridized carbons (Fsp3) is 0.200. The summed E-state index contributed by atoms with van der Waals surface area (Å²) in [6.45, 7) is 3.57. The van der Waals surface area contributed by atoms with Gasteiger partial charge < -0.3 is 0 Å². The van der Waals surface area contributed by atoms with E-state index in [1.165, 1.54) is 18.2 Å². The largest absolute Gasteiger partial charge is 0.289 e. The lowest BCUT2D eigenvalue weighted by Crippen LogP contribution is -1.99. The van der Waals surface area contributed by atoms with Crippen LogP contribution in [0.4, 0.5) is 5.69 Å². The lowest BCUT2D eigenvalue weighted by Gasteiger charge is -1.98. The van der Waals surface area contributed by atoms with E-state index in [0.717, 1.165) is 5.69 Å². The molecule has 0 amide bonds. The molecule has 0 saturated heterocycles. The quantitative estimate of drug-likeness (QED) is 0.374. The molecule has 0 aliphatic heterocycles. The molecule has 2 rings (SSSR count). The van der Waals surface area contributed by atoms with E-state index in [2.05, 4.69) is 5.10 Å². The lowest BCUT2D eigenvalue weighted by molar-refractivity contribution is -0.385. The summed E-state index contributed by atoms with van der Waals surface area (Å²) < 4.78 is 1.64. The number of nitrogens with zero attached hydrogens (tertiary/aromatic N) is 3. The number of ketones is 1. The van der Waals surface area contributed by atoms with Gasteiger partial charge >= 0.3 is 0 Å². The third-order valence-electron chi connectivity index (χ3n) is 3.30. The van der Waals surface area contributed by atoms with Crippen LogP contribution in [0.3, 0.4) is 0 Å². The summed E-state index contributed by atoms with van der Waals surface area (Å²) in [6.07, 6.45) is 2.81. The third kappa shape index (κ3) is 2.89. The molecule has 108 valence electrons. The van der Waals surface area contributed by atoms with Gasteiger partial charge in [-0.25, -0.2) is 0 Å². The standard InChI is InChI=1S/C15H15N3O3/c1-10-15(11(2)17(3)16-10)14(19)9-8-12-6-4-5-7-13(12)18(20)21/h4-9H,1-3H3/b9-8+. The van der Waals surface area contributed by atoms with Crippen molar-refractivity contribution in [2.75, 3.05) is 0 Å². The molecule has 0 fully saturated rings. The minimum Gasteiger partial charge on any atom is -0.289 e. The number of aromatic nitrogens is 2. The van der Waals surface area contributed by atoms with Gasteiger partial charge in [-0.05, 0) is 32.1 Å². The molecule has 0 saturated carbocycles.